The fourth-order valence-corrected chi connectivity index (χ4v) is 6.65. The molecule has 1 N–H and O–H groups in total. The normalized spacial score (nSPS) is 19.5. The average molecular weight is 475 g/mol. The maximum atomic E-state index is 13.2. The summed E-state index contributed by atoms with van der Waals surface area (Å²) in [5, 5.41) is 4.02. The summed E-state index contributed by atoms with van der Waals surface area (Å²) in [4.78, 5) is 15.5. The number of aromatic nitrogens is 1. The zero-order valence-electron chi connectivity index (χ0n) is 19.8. The van der Waals surface area contributed by atoms with Crippen molar-refractivity contribution in [2.24, 2.45) is 5.92 Å². The second-order valence-corrected chi connectivity index (χ2v) is 11.3. The largest absolute Gasteiger partial charge is 0.356 e. The Hall–Kier alpha value is -1.90. The lowest BCUT2D eigenvalue weighted by Gasteiger charge is -2.30. The zero-order chi connectivity index (χ0) is 23.3. The van der Waals surface area contributed by atoms with Crippen LogP contribution in [0.15, 0.2) is 35.4 Å². The zero-order valence-corrected chi connectivity index (χ0v) is 20.7. The maximum absolute atomic E-state index is 13.2. The smallest absolute Gasteiger partial charge is 0.243 e. The average Bonchev–Trinajstić information content (AvgIpc) is 3.07. The number of carbonyl (C=O) groups excluding carboxylic acids is 1. The Morgan fingerprint density at radius 3 is 2.45 bits per heavy atom. The summed E-state index contributed by atoms with van der Waals surface area (Å²) < 4.78 is 30.0. The summed E-state index contributed by atoms with van der Waals surface area (Å²) in [7, 11) is -3.55. The number of hydrogen-bond acceptors (Lipinski definition) is 4. The number of nitrogens with one attached hydrogen (secondary N) is 1. The standard InChI is InChI=1S/C25H38N4O3S/c1-2-28-17-10-22-20-23(8-9-24(22)28)33(31,32)29-18-11-21(12-19-29)25(30)26-13-7-16-27-14-5-3-4-6-15-27/h8-10,17,20-21H,2-7,11-16,18-19H2,1H3,(H,26,30). The van der Waals surface area contributed by atoms with E-state index >= 15 is 0 Å². The number of hydrogen-bond donors (Lipinski definition) is 1. The molecule has 2 aliphatic rings. The van der Waals surface area contributed by atoms with Crippen molar-refractivity contribution in [3.05, 3.63) is 30.5 Å². The van der Waals surface area contributed by atoms with Crippen LogP contribution in [0, 0.1) is 5.92 Å². The number of amides is 1. The van der Waals surface area contributed by atoms with E-state index in [4.69, 9.17) is 0 Å². The number of fused-ring (bicyclic) bond motifs is 1. The third kappa shape index (κ3) is 5.78. The quantitative estimate of drug-likeness (QED) is 0.595. The third-order valence-electron chi connectivity index (χ3n) is 7.19. The summed E-state index contributed by atoms with van der Waals surface area (Å²) in [6.45, 7) is 7.80. The molecule has 2 fully saturated rings. The van der Waals surface area contributed by atoms with Gasteiger partial charge < -0.3 is 14.8 Å². The van der Waals surface area contributed by atoms with Gasteiger partial charge in [-0.3, -0.25) is 4.79 Å². The van der Waals surface area contributed by atoms with Gasteiger partial charge in [-0.2, -0.15) is 4.31 Å². The lowest BCUT2D eigenvalue weighted by atomic mass is 9.97. The third-order valence-corrected chi connectivity index (χ3v) is 9.09. The van der Waals surface area contributed by atoms with Crippen LogP contribution in [-0.4, -0.2) is 67.4 Å². The van der Waals surface area contributed by atoms with Gasteiger partial charge in [0.15, 0.2) is 0 Å². The molecular weight excluding hydrogens is 436 g/mol. The minimum Gasteiger partial charge on any atom is -0.356 e. The minimum absolute atomic E-state index is 0.0743. The number of benzene rings is 1. The topological polar surface area (TPSA) is 74.6 Å². The predicted molar refractivity (Wildman–Crippen MR) is 132 cm³/mol. The van der Waals surface area contributed by atoms with Crippen molar-refractivity contribution < 1.29 is 13.2 Å². The molecule has 1 aromatic carbocycles. The van der Waals surface area contributed by atoms with E-state index in [0.717, 1.165) is 30.4 Å². The van der Waals surface area contributed by atoms with Crippen molar-refractivity contribution in [2.45, 2.75) is 63.3 Å². The first kappa shape index (κ1) is 24.2. The van der Waals surface area contributed by atoms with Gasteiger partial charge in [-0.15, -0.1) is 0 Å². The molecule has 4 rings (SSSR count). The van der Waals surface area contributed by atoms with Gasteiger partial charge in [-0.25, -0.2) is 8.42 Å². The van der Waals surface area contributed by atoms with E-state index in [0.29, 0.717) is 37.4 Å². The summed E-state index contributed by atoms with van der Waals surface area (Å²) in [5.74, 6) is -0.0269. The van der Waals surface area contributed by atoms with Gasteiger partial charge in [0, 0.05) is 49.2 Å². The molecule has 182 valence electrons. The van der Waals surface area contributed by atoms with E-state index in [1.54, 1.807) is 12.1 Å². The second kappa shape index (κ2) is 11.0. The van der Waals surface area contributed by atoms with Gasteiger partial charge in [0.2, 0.25) is 15.9 Å². The SMILES string of the molecule is CCn1ccc2cc(S(=O)(=O)N3CCC(C(=O)NCCCN4CCCCCC4)CC3)ccc21. The van der Waals surface area contributed by atoms with Crippen LogP contribution in [0.25, 0.3) is 10.9 Å². The number of piperidine rings is 1. The van der Waals surface area contributed by atoms with Gasteiger partial charge in [-0.05, 0) is 82.9 Å². The first-order valence-electron chi connectivity index (χ1n) is 12.6. The van der Waals surface area contributed by atoms with Gasteiger partial charge in [-0.1, -0.05) is 12.8 Å². The Labute approximate surface area is 198 Å². The molecule has 0 aliphatic carbocycles. The van der Waals surface area contributed by atoms with Crippen molar-refractivity contribution in [3.63, 3.8) is 0 Å². The van der Waals surface area contributed by atoms with E-state index in [2.05, 4.69) is 21.7 Å². The molecule has 8 heteroatoms. The molecule has 0 bridgehead atoms. The molecular formula is C25H38N4O3S. The highest BCUT2D eigenvalue weighted by molar-refractivity contribution is 7.89. The Morgan fingerprint density at radius 2 is 1.76 bits per heavy atom. The molecule has 3 heterocycles. The maximum Gasteiger partial charge on any atom is 0.243 e. The first-order valence-corrected chi connectivity index (χ1v) is 14.0. The molecule has 0 atom stereocenters. The first-order chi connectivity index (χ1) is 16.0. The predicted octanol–water partition coefficient (Wildman–Crippen LogP) is 3.44. The van der Waals surface area contributed by atoms with Crippen LogP contribution in [0.1, 0.15) is 51.9 Å². The van der Waals surface area contributed by atoms with E-state index in [9.17, 15) is 13.2 Å². The molecule has 1 amide bonds. The number of likely N-dealkylation sites (tertiary alicyclic amines) is 1. The van der Waals surface area contributed by atoms with Crippen LogP contribution in [0.2, 0.25) is 0 Å². The van der Waals surface area contributed by atoms with E-state index in [1.165, 1.54) is 43.1 Å². The lowest BCUT2D eigenvalue weighted by molar-refractivity contribution is -0.126. The monoisotopic (exact) mass is 474 g/mol. The Bertz CT molecular complexity index is 1030. The Kier molecular flexibility index (Phi) is 8.09. The molecule has 2 aliphatic heterocycles. The van der Waals surface area contributed by atoms with Crippen LogP contribution < -0.4 is 5.32 Å². The summed E-state index contributed by atoms with van der Waals surface area (Å²) in [5.41, 5.74) is 1.04. The van der Waals surface area contributed by atoms with E-state index in [1.807, 2.05) is 18.3 Å². The van der Waals surface area contributed by atoms with Crippen LogP contribution in [0.4, 0.5) is 0 Å². The molecule has 1 aromatic heterocycles. The van der Waals surface area contributed by atoms with Crippen molar-refractivity contribution in [2.75, 3.05) is 39.3 Å². The molecule has 0 unspecified atom stereocenters. The van der Waals surface area contributed by atoms with Crippen LogP contribution in [0.3, 0.4) is 0 Å². The van der Waals surface area contributed by atoms with E-state index < -0.39 is 10.0 Å². The molecule has 2 saturated heterocycles. The summed E-state index contributed by atoms with van der Waals surface area (Å²) in [6, 6.07) is 7.31. The highest BCUT2D eigenvalue weighted by atomic mass is 32.2. The molecule has 0 radical (unpaired) electrons. The van der Waals surface area contributed by atoms with Crippen molar-refractivity contribution in [1.29, 1.82) is 0 Å². The second-order valence-electron chi connectivity index (χ2n) is 9.40. The van der Waals surface area contributed by atoms with E-state index in [-0.39, 0.29) is 11.8 Å². The van der Waals surface area contributed by atoms with Crippen LogP contribution >= 0.6 is 0 Å². The van der Waals surface area contributed by atoms with Gasteiger partial charge in [0.25, 0.3) is 0 Å². The molecule has 0 spiro atoms. The van der Waals surface area contributed by atoms with Crippen LogP contribution in [-0.2, 0) is 21.4 Å². The fourth-order valence-electron chi connectivity index (χ4n) is 5.14. The van der Waals surface area contributed by atoms with Crippen molar-refractivity contribution in [1.82, 2.24) is 19.1 Å². The Morgan fingerprint density at radius 1 is 1.03 bits per heavy atom. The molecule has 7 nitrogen and oxygen atoms in total. The Balaban J connectivity index is 1.25. The number of nitrogens with zero attached hydrogens (tertiary/aromatic N) is 3. The fraction of sp³-hybridized carbons (Fsp3) is 0.640. The molecule has 0 saturated carbocycles. The van der Waals surface area contributed by atoms with Crippen molar-refractivity contribution >= 4 is 26.8 Å². The number of carbonyl (C=O) groups is 1. The summed E-state index contributed by atoms with van der Waals surface area (Å²) in [6.07, 6.45) is 9.35. The van der Waals surface area contributed by atoms with Crippen molar-refractivity contribution in [3.8, 4) is 0 Å². The van der Waals surface area contributed by atoms with Crippen LogP contribution in [0.5, 0.6) is 0 Å². The minimum atomic E-state index is -3.55. The van der Waals surface area contributed by atoms with Gasteiger partial charge in [0.1, 0.15) is 0 Å². The summed E-state index contributed by atoms with van der Waals surface area (Å²) >= 11 is 0. The number of aryl methyl sites for hydroxylation is 1. The number of sulfonamides is 1. The highest BCUT2D eigenvalue weighted by Gasteiger charge is 2.32. The lowest BCUT2D eigenvalue weighted by Crippen LogP contribution is -2.43. The molecule has 33 heavy (non-hydrogen) atoms. The molecule has 2 aromatic rings. The number of rotatable bonds is 8. The van der Waals surface area contributed by atoms with Gasteiger partial charge >= 0.3 is 0 Å². The highest BCUT2D eigenvalue weighted by Crippen LogP contribution is 2.27. The van der Waals surface area contributed by atoms with Gasteiger partial charge in [0.05, 0.1) is 4.90 Å².